The Labute approximate surface area is 97.8 Å². The molecule has 0 N–H and O–H groups in total. The number of rotatable bonds is 4. The van der Waals surface area contributed by atoms with E-state index < -0.39 is 10.8 Å². The first-order valence-electron chi connectivity index (χ1n) is 4.84. The Hall–Kier alpha value is -2.60. The fraction of sp³-hybridized carbons (Fsp3) is 0.273. The molecule has 0 unspecified atom stereocenters. The molecule has 6 heteroatoms. The number of nitro groups is 1. The highest BCUT2D eigenvalue weighted by atomic mass is 16.6. The molecule has 0 spiro atoms. The molecule has 0 radical (unpaired) electrons. The Balaban J connectivity index is 3.24. The first kappa shape index (κ1) is 12.5. The van der Waals surface area contributed by atoms with Gasteiger partial charge in [-0.2, -0.15) is 10.5 Å². The van der Waals surface area contributed by atoms with Gasteiger partial charge in [0, 0.05) is 6.07 Å². The van der Waals surface area contributed by atoms with Crippen LogP contribution in [0.15, 0.2) is 18.2 Å². The minimum absolute atomic E-state index is 0.0745. The van der Waals surface area contributed by atoms with E-state index in [4.69, 9.17) is 15.3 Å². The summed E-state index contributed by atoms with van der Waals surface area (Å²) in [5.41, 5.74) is 0.217. The first-order chi connectivity index (χ1) is 8.13. The Morgan fingerprint density at radius 2 is 2.12 bits per heavy atom. The molecule has 1 aromatic carbocycles. The van der Waals surface area contributed by atoms with Gasteiger partial charge < -0.3 is 4.74 Å². The Morgan fingerprint density at radius 3 is 2.59 bits per heavy atom. The van der Waals surface area contributed by atoms with Crippen molar-refractivity contribution in [2.24, 2.45) is 0 Å². The molecule has 0 saturated heterocycles. The van der Waals surface area contributed by atoms with E-state index in [9.17, 15) is 10.1 Å². The van der Waals surface area contributed by atoms with E-state index in [2.05, 4.69) is 0 Å². The SMILES string of the molecule is CCOc1cc(C(C#N)C#N)ccc1[N+](=O)[O-]. The maximum absolute atomic E-state index is 10.7. The third kappa shape index (κ3) is 2.70. The van der Waals surface area contributed by atoms with Crippen LogP contribution in [-0.4, -0.2) is 11.5 Å². The van der Waals surface area contributed by atoms with E-state index in [-0.39, 0.29) is 18.0 Å². The summed E-state index contributed by atoms with van der Waals surface area (Å²) in [6.07, 6.45) is 0. The van der Waals surface area contributed by atoms with Crippen molar-refractivity contribution in [3.05, 3.63) is 33.9 Å². The maximum atomic E-state index is 10.7. The molecular formula is C11H9N3O3. The number of benzene rings is 1. The van der Waals surface area contributed by atoms with Gasteiger partial charge in [-0.1, -0.05) is 0 Å². The van der Waals surface area contributed by atoms with Gasteiger partial charge in [-0.15, -0.1) is 0 Å². The second-order valence-electron chi connectivity index (χ2n) is 3.11. The first-order valence-corrected chi connectivity index (χ1v) is 4.84. The molecule has 1 rings (SSSR count). The number of hydrogen-bond acceptors (Lipinski definition) is 5. The molecule has 0 saturated carbocycles. The van der Waals surface area contributed by atoms with E-state index in [1.807, 2.05) is 0 Å². The second kappa shape index (κ2) is 5.47. The van der Waals surface area contributed by atoms with Crippen LogP contribution in [0.2, 0.25) is 0 Å². The molecule has 0 aliphatic carbocycles. The summed E-state index contributed by atoms with van der Waals surface area (Å²) < 4.78 is 5.12. The fourth-order valence-corrected chi connectivity index (χ4v) is 1.31. The minimum atomic E-state index is -0.949. The fourth-order valence-electron chi connectivity index (χ4n) is 1.31. The lowest BCUT2D eigenvalue weighted by molar-refractivity contribution is -0.385. The zero-order valence-electron chi connectivity index (χ0n) is 9.08. The molecular weight excluding hydrogens is 222 g/mol. The standard InChI is InChI=1S/C11H9N3O3/c1-2-17-11-5-8(9(6-12)7-13)3-4-10(11)14(15)16/h3-5,9H,2H2,1H3. The van der Waals surface area contributed by atoms with Crippen molar-refractivity contribution in [1.82, 2.24) is 0 Å². The summed E-state index contributed by atoms with van der Waals surface area (Å²) in [7, 11) is 0. The molecule has 6 nitrogen and oxygen atoms in total. The number of nitro benzene ring substituents is 1. The van der Waals surface area contributed by atoms with Crippen LogP contribution in [0.1, 0.15) is 18.4 Å². The van der Waals surface area contributed by atoms with Crippen LogP contribution in [0.4, 0.5) is 5.69 Å². The van der Waals surface area contributed by atoms with E-state index >= 15 is 0 Å². The monoisotopic (exact) mass is 231 g/mol. The third-order valence-corrected chi connectivity index (χ3v) is 2.07. The van der Waals surface area contributed by atoms with Crippen LogP contribution in [0.25, 0.3) is 0 Å². The molecule has 0 aliphatic rings. The van der Waals surface area contributed by atoms with Crippen molar-refractivity contribution < 1.29 is 9.66 Å². The Bertz CT molecular complexity index is 500. The summed E-state index contributed by atoms with van der Waals surface area (Å²) in [5.74, 6) is -0.875. The topological polar surface area (TPSA) is 99.9 Å². The van der Waals surface area contributed by atoms with Crippen LogP contribution in [-0.2, 0) is 0 Å². The zero-order chi connectivity index (χ0) is 12.8. The maximum Gasteiger partial charge on any atom is 0.310 e. The number of nitriles is 2. The molecule has 0 aliphatic heterocycles. The average Bonchev–Trinajstić information content (AvgIpc) is 2.31. The zero-order valence-corrected chi connectivity index (χ0v) is 9.08. The van der Waals surface area contributed by atoms with Gasteiger partial charge in [0.15, 0.2) is 11.7 Å². The normalized spacial score (nSPS) is 9.41. The van der Waals surface area contributed by atoms with Gasteiger partial charge in [0.25, 0.3) is 0 Å². The Morgan fingerprint density at radius 1 is 1.47 bits per heavy atom. The number of ether oxygens (including phenoxy) is 1. The van der Waals surface area contributed by atoms with E-state index in [0.717, 1.165) is 0 Å². The van der Waals surface area contributed by atoms with Crippen molar-refractivity contribution in [3.63, 3.8) is 0 Å². The summed E-state index contributed by atoms with van der Waals surface area (Å²) in [6.45, 7) is 1.97. The van der Waals surface area contributed by atoms with Gasteiger partial charge in [-0.25, -0.2) is 0 Å². The van der Waals surface area contributed by atoms with Crippen LogP contribution in [0.5, 0.6) is 5.75 Å². The molecule has 0 amide bonds. The van der Waals surface area contributed by atoms with Crippen molar-refractivity contribution in [2.75, 3.05) is 6.61 Å². The number of hydrogen-bond donors (Lipinski definition) is 0. The van der Waals surface area contributed by atoms with Crippen LogP contribution >= 0.6 is 0 Å². The van der Waals surface area contributed by atoms with Crippen LogP contribution in [0, 0.1) is 32.8 Å². The predicted octanol–water partition coefficient (Wildman–Crippen LogP) is 2.12. The van der Waals surface area contributed by atoms with Gasteiger partial charge in [-0.05, 0) is 24.6 Å². The van der Waals surface area contributed by atoms with Crippen molar-refractivity contribution in [3.8, 4) is 17.9 Å². The smallest absolute Gasteiger partial charge is 0.310 e. The van der Waals surface area contributed by atoms with Gasteiger partial charge in [0.1, 0.15) is 0 Å². The highest BCUT2D eigenvalue weighted by molar-refractivity contribution is 5.51. The molecule has 17 heavy (non-hydrogen) atoms. The summed E-state index contributed by atoms with van der Waals surface area (Å²) >= 11 is 0. The van der Waals surface area contributed by atoms with Crippen LogP contribution < -0.4 is 4.74 Å². The van der Waals surface area contributed by atoms with Gasteiger partial charge >= 0.3 is 5.69 Å². The van der Waals surface area contributed by atoms with E-state index in [0.29, 0.717) is 5.56 Å². The summed E-state index contributed by atoms with van der Waals surface area (Å²) in [4.78, 5) is 10.1. The van der Waals surface area contributed by atoms with E-state index in [1.54, 1.807) is 19.1 Å². The molecule has 1 aromatic rings. The summed E-state index contributed by atoms with van der Waals surface area (Å²) in [5, 5.41) is 28.2. The molecule has 0 atom stereocenters. The highest BCUT2D eigenvalue weighted by Gasteiger charge is 2.18. The quantitative estimate of drug-likeness (QED) is 0.583. The molecule has 86 valence electrons. The van der Waals surface area contributed by atoms with Crippen molar-refractivity contribution in [2.45, 2.75) is 12.8 Å². The van der Waals surface area contributed by atoms with E-state index in [1.165, 1.54) is 18.2 Å². The highest BCUT2D eigenvalue weighted by Crippen LogP contribution is 2.30. The predicted molar refractivity (Wildman–Crippen MR) is 58.2 cm³/mol. The van der Waals surface area contributed by atoms with Crippen molar-refractivity contribution >= 4 is 5.69 Å². The molecule has 0 aromatic heterocycles. The summed E-state index contributed by atoms with van der Waals surface area (Å²) in [6, 6.07) is 7.58. The van der Waals surface area contributed by atoms with Gasteiger partial charge in [-0.3, -0.25) is 10.1 Å². The second-order valence-corrected chi connectivity index (χ2v) is 3.11. The van der Waals surface area contributed by atoms with Gasteiger partial charge in [0.05, 0.1) is 23.7 Å². The lowest BCUT2D eigenvalue weighted by Crippen LogP contribution is -2.00. The van der Waals surface area contributed by atoms with Gasteiger partial charge in [0.2, 0.25) is 0 Å². The van der Waals surface area contributed by atoms with Crippen molar-refractivity contribution in [1.29, 1.82) is 10.5 Å². The lowest BCUT2D eigenvalue weighted by Gasteiger charge is -2.06. The largest absolute Gasteiger partial charge is 0.487 e. The Kier molecular flexibility index (Phi) is 4.02. The molecule has 0 heterocycles. The molecule has 0 fully saturated rings. The lowest BCUT2D eigenvalue weighted by atomic mass is 10.0. The number of nitrogens with zero attached hydrogens (tertiary/aromatic N) is 3. The minimum Gasteiger partial charge on any atom is -0.487 e. The molecule has 0 bridgehead atoms. The third-order valence-electron chi connectivity index (χ3n) is 2.07. The average molecular weight is 231 g/mol. The van der Waals surface area contributed by atoms with Crippen LogP contribution in [0.3, 0.4) is 0 Å².